The second kappa shape index (κ2) is 6.01. The van der Waals surface area contributed by atoms with Crippen LogP contribution in [-0.4, -0.2) is 23.3 Å². The molecule has 0 saturated heterocycles. The summed E-state index contributed by atoms with van der Waals surface area (Å²) in [5.74, 6) is -2.67. The molecule has 7 heteroatoms. The topological polar surface area (TPSA) is 92.8 Å². The molecule has 0 radical (unpaired) electrons. The number of halogens is 2. The zero-order chi connectivity index (χ0) is 13.9. The first-order valence-electron chi connectivity index (χ1n) is 5.10. The summed E-state index contributed by atoms with van der Waals surface area (Å²) in [6.07, 6.45) is -0.0625. The van der Waals surface area contributed by atoms with Gasteiger partial charge < -0.3 is 20.7 Å². The third-order valence-corrected chi connectivity index (χ3v) is 3.04. The van der Waals surface area contributed by atoms with Crippen LogP contribution in [0.4, 0.5) is 4.39 Å². The van der Waals surface area contributed by atoms with Gasteiger partial charge in [0.2, 0.25) is 5.82 Å². The van der Waals surface area contributed by atoms with Crippen molar-refractivity contribution in [2.45, 2.75) is 18.9 Å². The number of aliphatic carboxylic acids is 1. The second-order valence-electron chi connectivity index (χ2n) is 3.68. The Morgan fingerprint density at radius 1 is 1.67 bits per heavy atom. The molecule has 1 unspecified atom stereocenters. The third kappa shape index (κ3) is 3.11. The van der Waals surface area contributed by atoms with Gasteiger partial charge in [-0.05, 0) is 28.4 Å². The number of nitrogens with two attached hydrogens (primary N) is 1. The van der Waals surface area contributed by atoms with Crippen molar-refractivity contribution in [3.63, 3.8) is 0 Å². The Morgan fingerprint density at radius 3 is 2.78 bits per heavy atom. The highest BCUT2D eigenvalue weighted by Gasteiger charge is 2.21. The minimum atomic E-state index is -1.00. The number of benzene rings is 1. The summed E-state index contributed by atoms with van der Waals surface area (Å²) in [5, 5.41) is 18.2. The standard InChI is InChI=1S/C11H13BrFNO4/c1-18-11-6(12)4-5(10(17)9(11)13)7(14)2-3-8(15)16/h4,7,17H,2-3,14H2,1H3,(H,15,16). The van der Waals surface area contributed by atoms with Crippen molar-refractivity contribution in [3.05, 3.63) is 21.9 Å². The molecule has 0 bridgehead atoms. The molecule has 100 valence electrons. The first kappa shape index (κ1) is 14.7. The van der Waals surface area contributed by atoms with Crippen molar-refractivity contribution in [1.82, 2.24) is 0 Å². The molecule has 0 aliphatic carbocycles. The lowest BCUT2D eigenvalue weighted by Gasteiger charge is -2.15. The molecule has 4 N–H and O–H groups in total. The van der Waals surface area contributed by atoms with Gasteiger partial charge in [0.25, 0.3) is 0 Å². The van der Waals surface area contributed by atoms with Crippen LogP contribution in [0.15, 0.2) is 10.5 Å². The number of carboxylic acids is 1. The number of carboxylic acid groups (broad SMARTS) is 1. The lowest BCUT2D eigenvalue weighted by Crippen LogP contribution is -2.13. The van der Waals surface area contributed by atoms with E-state index in [2.05, 4.69) is 15.9 Å². The maximum absolute atomic E-state index is 13.7. The maximum atomic E-state index is 13.7. The Labute approximate surface area is 111 Å². The molecule has 0 aliphatic heterocycles. The van der Waals surface area contributed by atoms with E-state index in [4.69, 9.17) is 15.6 Å². The highest BCUT2D eigenvalue weighted by molar-refractivity contribution is 9.10. The molecule has 0 aliphatic rings. The molecule has 1 aromatic carbocycles. The van der Waals surface area contributed by atoms with Crippen molar-refractivity contribution >= 4 is 21.9 Å². The van der Waals surface area contributed by atoms with Gasteiger partial charge in [0.1, 0.15) is 0 Å². The molecule has 0 saturated carbocycles. The average molecular weight is 322 g/mol. The number of ether oxygens (including phenoxy) is 1. The predicted octanol–water partition coefficient (Wildman–Crippen LogP) is 2.17. The highest BCUT2D eigenvalue weighted by atomic mass is 79.9. The minimum Gasteiger partial charge on any atom is -0.504 e. The summed E-state index contributed by atoms with van der Waals surface area (Å²) in [6.45, 7) is 0. The molecule has 1 aromatic rings. The fourth-order valence-electron chi connectivity index (χ4n) is 1.51. The second-order valence-corrected chi connectivity index (χ2v) is 4.54. The van der Waals surface area contributed by atoms with Crippen LogP contribution in [0.1, 0.15) is 24.4 Å². The molecular formula is C11H13BrFNO4. The number of hydrogen-bond donors (Lipinski definition) is 3. The van der Waals surface area contributed by atoms with Crippen LogP contribution in [-0.2, 0) is 4.79 Å². The number of methoxy groups -OCH3 is 1. The van der Waals surface area contributed by atoms with Gasteiger partial charge in [-0.3, -0.25) is 4.79 Å². The van der Waals surface area contributed by atoms with E-state index in [1.807, 2.05) is 0 Å². The van der Waals surface area contributed by atoms with Gasteiger partial charge >= 0.3 is 5.97 Å². The minimum absolute atomic E-state index is 0.0983. The van der Waals surface area contributed by atoms with E-state index in [0.29, 0.717) is 4.47 Å². The molecule has 1 rings (SSSR count). The summed E-state index contributed by atoms with van der Waals surface area (Å²) < 4.78 is 18.8. The van der Waals surface area contributed by atoms with E-state index in [0.717, 1.165) is 0 Å². The molecule has 0 spiro atoms. The summed E-state index contributed by atoms with van der Waals surface area (Å²) in [6, 6.07) is 0.654. The Morgan fingerprint density at radius 2 is 2.28 bits per heavy atom. The first-order chi connectivity index (χ1) is 8.38. The van der Waals surface area contributed by atoms with Crippen LogP contribution in [0.2, 0.25) is 0 Å². The summed E-state index contributed by atoms with van der Waals surface area (Å²) in [7, 11) is 1.27. The number of hydrogen-bond acceptors (Lipinski definition) is 4. The molecule has 0 aromatic heterocycles. The van der Waals surface area contributed by atoms with Crippen molar-refractivity contribution in [2.24, 2.45) is 5.73 Å². The molecule has 0 fully saturated rings. The van der Waals surface area contributed by atoms with Crippen molar-refractivity contribution in [1.29, 1.82) is 0 Å². The van der Waals surface area contributed by atoms with Gasteiger partial charge in [0.15, 0.2) is 11.5 Å². The van der Waals surface area contributed by atoms with Crippen molar-refractivity contribution < 1.29 is 24.1 Å². The fraction of sp³-hybridized carbons (Fsp3) is 0.364. The average Bonchev–Trinajstić information content (AvgIpc) is 2.31. The first-order valence-corrected chi connectivity index (χ1v) is 5.90. The Balaban J connectivity index is 3.06. The quantitative estimate of drug-likeness (QED) is 0.772. The van der Waals surface area contributed by atoms with Crippen LogP contribution >= 0.6 is 15.9 Å². The van der Waals surface area contributed by atoms with Crippen molar-refractivity contribution in [2.75, 3.05) is 7.11 Å². The Kier molecular flexibility index (Phi) is 4.92. The lowest BCUT2D eigenvalue weighted by atomic mass is 10.0. The number of rotatable bonds is 5. The number of carbonyl (C=O) groups is 1. The largest absolute Gasteiger partial charge is 0.504 e. The normalized spacial score (nSPS) is 12.2. The van der Waals surface area contributed by atoms with Gasteiger partial charge in [-0.1, -0.05) is 0 Å². The van der Waals surface area contributed by atoms with E-state index in [1.165, 1.54) is 13.2 Å². The molecule has 5 nitrogen and oxygen atoms in total. The molecule has 18 heavy (non-hydrogen) atoms. The van der Waals surface area contributed by atoms with Crippen LogP contribution in [0.5, 0.6) is 11.5 Å². The fourth-order valence-corrected chi connectivity index (χ4v) is 2.10. The Hall–Kier alpha value is -1.34. The smallest absolute Gasteiger partial charge is 0.303 e. The van der Waals surface area contributed by atoms with Crippen LogP contribution in [0, 0.1) is 5.82 Å². The van der Waals surface area contributed by atoms with Gasteiger partial charge in [-0.15, -0.1) is 0 Å². The van der Waals surface area contributed by atoms with Gasteiger partial charge in [-0.2, -0.15) is 4.39 Å². The Bertz CT molecular complexity index is 467. The number of aromatic hydroxyl groups is 1. The molecule has 0 heterocycles. The number of phenols is 1. The van der Waals surface area contributed by atoms with Gasteiger partial charge in [0, 0.05) is 18.0 Å². The zero-order valence-corrected chi connectivity index (χ0v) is 11.2. The SMILES string of the molecule is COc1c(Br)cc(C(N)CCC(=O)O)c(O)c1F. The van der Waals surface area contributed by atoms with Gasteiger partial charge in [0.05, 0.1) is 11.6 Å². The van der Waals surface area contributed by atoms with Crippen LogP contribution < -0.4 is 10.5 Å². The van der Waals surface area contributed by atoms with Gasteiger partial charge in [-0.25, -0.2) is 0 Å². The molecule has 0 amide bonds. The number of phenolic OH excluding ortho intramolecular Hbond substituents is 1. The van der Waals surface area contributed by atoms with E-state index in [9.17, 15) is 14.3 Å². The van der Waals surface area contributed by atoms with E-state index < -0.39 is 23.6 Å². The summed E-state index contributed by atoms with van der Waals surface area (Å²) in [5.41, 5.74) is 5.86. The maximum Gasteiger partial charge on any atom is 0.303 e. The summed E-state index contributed by atoms with van der Waals surface area (Å²) in [4.78, 5) is 10.4. The molecule has 1 atom stereocenters. The van der Waals surface area contributed by atoms with Crippen LogP contribution in [0.25, 0.3) is 0 Å². The monoisotopic (exact) mass is 321 g/mol. The van der Waals surface area contributed by atoms with Crippen LogP contribution in [0.3, 0.4) is 0 Å². The van der Waals surface area contributed by atoms with Crippen molar-refractivity contribution in [3.8, 4) is 11.5 Å². The third-order valence-electron chi connectivity index (χ3n) is 2.45. The van der Waals surface area contributed by atoms with E-state index >= 15 is 0 Å². The highest BCUT2D eigenvalue weighted by Crippen LogP contribution is 2.39. The predicted molar refractivity (Wildman–Crippen MR) is 66.1 cm³/mol. The van der Waals surface area contributed by atoms with E-state index in [1.54, 1.807) is 0 Å². The summed E-state index contributed by atoms with van der Waals surface area (Å²) >= 11 is 3.09. The lowest BCUT2D eigenvalue weighted by molar-refractivity contribution is -0.137. The molecular weight excluding hydrogens is 309 g/mol. The zero-order valence-electron chi connectivity index (χ0n) is 9.61. The van der Waals surface area contributed by atoms with E-state index in [-0.39, 0.29) is 24.2 Å².